The Hall–Kier alpha value is -3.60. The zero-order valence-electron chi connectivity index (χ0n) is 20.1. The molecule has 1 aliphatic carbocycles. The van der Waals surface area contributed by atoms with Crippen LogP contribution in [0, 0.1) is 0 Å². The fraction of sp³-hybridized carbons (Fsp3) is 0.375. The average molecular weight is 497 g/mol. The molecule has 1 fully saturated rings. The van der Waals surface area contributed by atoms with Crippen molar-refractivity contribution in [3.63, 3.8) is 0 Å². The Morgan fingerprint density at radius 1 is 1.14 bits per heavy atom. The number of rotatable bonds is 9. The van der Waals surface area contributed by atoms with E-state index in [1.807, 2.05) is 26.0 Å². The summed E-state index contributed by atoms with van der Waals surface area (Å²) in [7, 11) is -2.91. The van der Waals surface area contributed by atoms with Crippen LogP contribution in [-0.2, 0) is 21.1 Å². The highest BCUT2D eigenvalue weighted by Gasteiger charge is 2.47. The standard InChI is InChI=1S/C24H28N6O4S/c1-5-34-20-15-25-14-18(28-20)16-6-8-17(9-7-16)27-21(31)23(2,3)19-10-13-26-22(29-19)30(35(32)33)24(4)11-12-24/h6-10,13-15,35H,5,11-12H2,1-4H3,(H,27,31). The molecule has 184 valence electrons. The third kappa shape index (κ3) is 5.24. The number of benzene rings is 1. The molecule has 2 aromatic heterocycles. The predicted octanol–water partition coefficient (Wildman–Crippen LogP) is 3.13. The molecule has 10 nitrogen and oxygen atoms in total. The van der Waals surface area contributed by atoms with E-state index in [1.165, 1.54) is 10.5 Å². The summed E-state index contributed by atoms with van der Waals surface area (Å²) in [6.45, 7) is 7.70. The van der Waals surface area contributed by atoms with E-state index in [9.17, 15) is 13.2 Å². The molecule has 1 saturated carbocycles. The van der Waals surface area contributed by atoms with Gasteiger partial charge in [-0.3, -0.25) is 9.78 Å². The first-order chi connectivity index (χ1) is 16.6. The van der Waals surface area contributed by atoms with E-state index in [-0.39, 0.29) is 11.9 Å². The van der Waals surface area contributed by atoms with Crippen LogP contribution in [-0.4, -0.2) is 46.4 Å². The van der Waals surface area contributed by atoms with Gasteiger partial charge in [0.25, 0.3) is 0 Å². The van der Waals surface area contributed by atoms with Crippen molar-refractivity contribution in [3.8, 4) is 17.1 Å². The highest BCUT2D eigenvalue weighted by Crippen LogP contribution is 2.43. The molecule has 0 bridgehead atoms. The molecule has 0 radical (unpaired) electrons. The molecule has 3 aromatic rings. The van der Waals surface area contributed by atoms with Crippen LogP contribution in [0.4, 0.5) is 11.6 Å². The van der Waals surface area contributed by atoms with Crippen molar-refractivity contribution < 1.29 is 17.9 Å². The van der Waals surface area contributed by atoms with Gasteiger partial charge in [-0.2, -0.15) is 0 Å². The van der Waals surface area contributed by atoms with Crippen molar-refractivity contribution in [1.29, 1.82) is 0 Å². The van der Waals surface area contributed by atoms with Crippen LogP contribution in [0.5, 0.6) is 5.88 Å². The van der Waals surface area contributed by atoms with Gasteiger partial charge in [-0.1, -0.05) is 12.1 Å². The number of hydrogen-bond acceptors (Lipinski definition) is 8. The fourth-order valence-corrected chi connectivity index (χ4v) is 4.37. The number of ether oxygens (including phenoxy) is 1. The predicted molar refractivity (Wildman–Crippen MR) is 133 cm³/mol. The first kappa shape index (κ1) is 24.5. The second-order valence-corrected chi connectivity index (χ2v) is 10.00. The first-order valence-corrected chi connectivity index (χ1v) is 12.4. The molecule has 0 atom stereocenters. The molecule has 1 aromatic carbocycles. The number of amides is 1. The second kappa shape index (κ2) is 9.57. The number of thiol groups is 1. The number of carbonyl (C=O) groups is 1. The molecule has 35 heavy (non-hydrogen) atoms. The van der Waals surface area contributed by atoms with Crippen molar-refractivity contribution in [1.82, 2.24) is 19.9 Å². The summed E-state index contributed by atoms with van der Waals surface area (Å²) >= 11 is 0. The number of nitrogens with zero attached hydrogens (tertiary/aromatic N) is 5. The Morgan fingerprint density at radius 3 is 2.49 bits per heavy atom. The minimum absolute atomic E-state index is 0.0826. The van der Waals surface area contributed by atoms with Crippen LogP contribution in [0.1, 0.15) is 46.2 Å². The molecule has 0 aliphatic heterocycles. The highest BCUT2D eigenvalue weighted by atomic mass is 32.2. The van der Waals surface area contributed by atoms with Gasteiger partial charge < -0.3 is 10.1 Å². The summed E-state index contributed by atoms with van der Waals surface area (Å²) in [6.07, 6.45) is 6.17. The molecule has 1 N–H and O–H groups in total. The first-order valence-electron chi connectivity index (χ1n) is 11.3. The molecule has 1 amide bonds. The minimum atomic E-state index is -2.91. The third-order valence-electron chi connectivity index (χ3n) is 6.03. The van der Waals surface area contributed by atoms with Gasteiger partial charge in [0.1, 0.15) is 0 Å². The molecular formula is C24H28N6O4S. The number of anilines is 2. The van der Waals surface area contributed by atoms with Crippen molar-refractivity contribution >= 4 is 28.4 Å². The Balaban J connectivity index is 1.51. The topological polar surface area (TPSA) is 127 Å². The van der Waals surface area contributed by atoms with Crippen molar-refractivity contribution in [2.24, 2.45) is 0 Å². The Morgan fingerprint density at radius 2 is 1.86 bits per heavy atom. The quantitative estimate of drug-likeness (QED) is 0.433. The van der Waals surface area contributed by atoms with Gasteiger partial charge >= 0.3 is 0 Å². The molecule has 0 saturated heterocycles. The monoisotopic (exact) mass is 496 g/mol. The third-order valence-corrected chi connectivity index (χ3v) is 7.02. The Labute approximate surface area is 205 Å². The van der Waals surface area contributed by atoms with Gasteiger partial charge in [0.05, 0.1) is 41.3 Å². The van der Waals surface area contributed by atoms with E-state index >= 15 is 0 Å². The van der Waals surface area contributed by atoms with Gasteiger partial charge in [-0.15, -0.1) is 0 Å². The van der Waals surface area contributed by atoms with E-state index in [0.717, 1.165) is 18.4 Å². The maximum Gasteiger partial charge on any atom is 0.239 e. The van der Waals surface area contributed by atoms with Gasteiger partial charge in [-0.05, 0) is 58.7 Å². The van der Waals surface area contributed by atoms with E-state index < -0.39 is 21.8 Å². The summed E-state index contributed by atoms with van der Waals surface area (Å²) < 4.78 is 30.4. The van der Waals surface area contributed by atoms with Crippen molar-refractivity contribution in [3.05, 3.63) is 54.6 Å². The normalized spacial score (nSPS) is 14.4. The molecule has 2 heterocycles. The molecule has 0 unspecified atom stereocenters. The number of hydrogen-bond donors (Lipinski definition) is 2. The van der Waals surface area contributed by atoms with E-state index in [0.29, 0.717) is 29.6 Å². The lowest BCUT2D eigenvalue weighted by molar-refractivity contribution is -0.120. The van der Waals surface area contributed by atoms with E-state index in [2.05, 4.69) is 25.3 Å². The van der Waals surface area contributed by atoms with Gasteiger partial charge in [0, 0.05) is 17.4 Å². The summed E-state index contributed by atoms with van der Waals surface area (Å²) in [5, 5.41) is 2.91. The SMILES string of the molecule is CCOc1cncc(-c2ccc(NC(=O)C(C)(C)c3ccnc(N([SH](=O)=O)C4(C)CC4)n3)cc2)n1. The number of carbonyl (C=O) groups excluding carboxylic acids is 1. The number of nitrogens with one attached hydrogen (secondary N) is 1. The zero-order chi connectivity index (χ0) is 25.2. The van der Waals surface area contributed by atoms with Crippen LogP contribution in [0.25, 0.3) is 11.3 Å². The molecule has 4 rings (SSSR count). The molecule has 0 spiro atoms. The van der Waals surface area contributed by atoms with Crippen LogP contribution in [0.3, 0.4) is 0 Å². The zero-order valence-corrected chi connectivity index (χ0v) is 21.0. The summed E-state index contributed by atoms with van der Waals surface area (Å²) in [5.41, 5.74) is 0.966. The van der Waals surface area contributed by atoms with Crippen LogP contribution >= 0.6 is 0 Å². The summed E-state index contributed by atoms with van der Waals surface area (Å²) in [6, 6.07) is 8.86. The van der Waals surface area contributed by atoms with Gasteiger partial charge in [-0.25, -0.2) is 27.7 Å². The highest BCUT2D eigenvalue weighted by molar-refractivity contribution is 7.74. The molecular weight excluding hydrogens is 468 g/mol. The van der Waals surface area contributed by atoms with E-state index in [4.69, 9.17) is 4.74 Å². The summed E-state index contributed by atoms with van der Waals surface area (Å²) in [5.74, 6) is 0.243. The lowest BCUT2D eigenvalue weighted by atomic mass is 9.88. The Bertz CT molecular complexity index is 1300. The van der Waals surface area contributed by atoms with Crippen LogP contribution < -0.4 is 14.4 Å². The largest absolute Gasteiger partial charge is 0.477 e. The summed E-state index contributed by atoms with van der Waals surface area (Å²) in [4.78, 5) is 30.4. The Kier molecular flexibility index (Phi) is 6.70. The van der Waals surface area contributed by atoms with E-state index in [1.54, 1.807) is 44.4 Å². The maximum atomic E-state index is 13.2. The van der Waals surface area contributed by atoms with Crippen molar-refractivity contribution in [2.45, 2.75) is 51.5 Å². The average Bonchev–Trinajstić information content (AvgIpc) is 3.57. The van der Waals surface area contributed by atoms with Gasteiger partial charge in [0.2, 0.25) is 28.6 Å². The van der Waals surface area contributed by atoms with Crippen LogP contribution in [0.2, 0.25) is 0 Å². The minimum Gasteiger partial charge on any atom is -0.477 e. The smallest absolute Gasteiger partial charge is 0.239 e. The van der Waals surface area contributed by atoms with Gasteiger partial charge in [0.15, 0.2) is 0 Å². The van der Waals surface area contributed by atoms with Crippen molar-refractivity contribution in [2.75, 3.05) is 16.2 Å². The number of aromatic nitrogens is 4. The maximum absolute atomic E-state index is 13.2. The fourth-order valence-electron chi connectivity index (χ4n) is 3.54. The van der Waals surface area contributed by atoms with Crippen LogP contribution in [0.15, 0.2) is 48.9 Å². The molecule has 11 heteroatoms. The molecule has 1 aliphatic rings. The lowest BCUT2D eigenvalue weighted by Crippen LogP contribution is -2.38. The lowest BCUT2D eigenvalue weighted by Gasteiger charge is -2.26. The second-order valence-electron chi connectivity index (χ2n) is 9.12.